The minimum Gasteiger partial charge on any atom is -0.507 e. The molecular formula is C27H21ClFN3O4S. The molecule has 4 aromatic rings. The van der Waals surface area contributed by atoms with Crippen LogP contribution in [0.2, 0.25) is 5.02 Å². The average molecular weight is 538 g/mol. The van der Waals surface area contributed by atoms with Crippen molar-refractivity contribution in [2.45, 2.75) is 19.9 Å². The zero-order valence-corrected chi connectivity index (χ0v) is 21.4. The van der Waals surface area contributed by atoms with Crippen molar-refractivity contribution in [1.29, 1.82) is 0 Å². The number of carbonyl (C=O) groups excluding carboxylic acids is 2. The summed E-state index contributed by atoms with van der Waals surface area (Å²) in [7, 11) is 0. The number of halogens is 2. The fourth-order valence-electron chi connectivity index (χ4n) is 4.05. The maximum atomic E-state index is 14.1. The predicted molar refractivity (Wildman–Crippen MR) is 140 cm³/mol. The Morgan fingerprint density at radius 1 is 1.22 bits per heavy atom. The number of hydrogen-bond donors (Lipinski definition) is 1. The van der Waals surface area contributed by atoms with E-state index < -0.39 is 23.5 Å². The molecule has 5 rings (SSSR count). The second kappa shape index (κ2) is 9.91. The van der Waals surface area contributed by atoms with Gasteiger partial charge in [0.1, 0.15) is 17.3 Å². The van der Waals surface area contributed by atoms with Gasteiger partial charge in [0.25, 0.3) is 5.78 Å². The number of nitrogens with zero attached hydrogens (tertiary/aromatic N) is 3. The van der Waals surface area contributed by atoms with Crippen molar-refractivity contribution in [3.63, 3.8) is 0 Å². The molecule has 0 saturated carbocycles. The molecule has 1 amide bonds. The molecule has 37 heavy (non-hydrogen) atoms. The lowest BCUT2D eigenvalue weighted by Gasteiger charge is -2.22. The van der Waals surface area contributed by atoms with Gasteiger partial charge in [0.05, 0.1) is 33.5 Å². The number of ketones is 1. The molecule has 1 aliphatic heterocycles. The number of anilines is 1. The fourth-order valence-corrected chi connectivity index (χ4v) is 5.21. The highest BCUT2D eigenvalue weighted by molar-refractivity contribution is 7.22. The quantitative estimate of drug-likeness (QED) is 0.180. The van der Waals surface area contributed by atoms with Crippen LogP contribution in [0.4, 0.5) is 9.52 Å². The van der Waals surface area contributed by atoms with Gasteiger partial charge in [-0.15, -0.1) is 0 Å². The summed E-state index contributed by atoms with van der Waals surface area (Å²) in [5.41, 5.74) is 1.10. The highest BCUT2D eigenvalue weighted by Crippen LogP contribution is 2.44. The maximum Gasteiger partial charge on any atom is 0.301 e. The van der Waals surface area contributed by atoms with Gasteiger partial charge in [0.2, 0.25) is 0 Å². The van der Waals surface area contributed by atoms with Gasteiger partial charge in [-0.3, -0.25) is 19.5 Å². The number of carbonyl (C=O) groups is 2. The van der Waals surface area contributed by atoms with Crippen LogP contribution in [0.5, 0.6) is 5.75 Å². The van der Waals surface area contributed by atoms with Crippen LogP contribution in [0.15, 0.2) is 66.5 Å². The third-order valence-electron chi connectivity index (χ3n) is 5.76. The third-order valence-corrected chi connectivity index (χ3v) is 7.07. The van der Waals surface area contributed by atoms with Crippen molar-refractivity contribution in [3.05, 3.63) is 88.5 Å². The van der Waals surface area contributed by atoms with Crippen LogP contribution in [-0.4, -0.2) is 33.4 Å². The molecule has 0 radical (unpaired) electrons. The zero-order valence-electron chi connectivity index (χ0n) is 19.8. The summed E-state index contributed by atoms with van der Waals surface area (Å²) in [6.45, 7) is 4.51. The fraction of sp³-hybridized carbons (Fsp3) is 0.185. The van der Waals surface area contributed by atoms with Crippen LogP contribution in [0.25, 0.3) is 16.0 Å². The number of amides is 1. The van der Waals surface area contributed by atoms with Crippen LogP contribution >= 0.6 is 22.9 Å². The van der Waals surface area contributed by atoms with E-state index in [0.717, 1.165) is 11.3 Å². The Labute approximate surface area is 220 Å². The number of thiazole rings is 1. The van der Waals surface area contributed by atoms with Crippen molar-refractivity contribution >= 4 is 55.7 Å². The molecule has 1 saturated heterocycles. The molecule has 2 aromatic heterocycles. The maximum absolute atomic E-state index is 14.1. The molecule has 1 aliphatic rings. The second-order valence-corrected chi connectivity index (χ2v) is 10.3. The lowest BCUT2D eigenvalue weighted by atomic mass is 9.96. The molecule has 188 valence electrons. The number of aromatic nitrogens is 2. The summed E-state index contributed by atoms with van der Waals surface area (Å²) in [6.07, 6.45) is 3.08. The van der Waals surface area contributed by atoms with Crippen LogP contribution in [0.3, 0.4) is 0 Å². The van der Waals surface area contributed by atoms with E-state index in [4.69, 9.17) is 16.3 Å². The summed E-state index contributed by atoms with van der Waals surface area (Å²) >= 11 is 6.96. The van der Waals surface area contributed by atoms with Crippen molar-refractivity contribution < 1.29 is 23.8 Å². The van der Waals surface area contributed by atoms with Gasteiger partial charge in [-0.25, -0.2) is 9.37 Å². The Morgan fingerprint density at radius 3 is 2.76 bits per heavy atom. The lowest BCUT2D eigenvalue weighted by molar-refractivity contribution is -0.132. The first-order valence-electron chi connectivity index (χ1n) is 11.4. The van der Waals surface area contributed by atoms with Gasteiger partial charge < -0.3 is 9.84 Å². The Morgan fingerprint density at radius 2 is 2.03 bits per heavy atom. The first kappa shape index (κ1) is 24.9. The summed E-state index contributed by atoms with van der Waals surface area (Å²) in [6, 6.07) is 11.7. The number of aliphatic hydroxyl groups is 1. The SMILES string of the molecule is CC(C)COc1cccc(/C(O)=C2\C(=O)C(=O)N(c3nc4cc(Cl)c(F)cc4s3)C2c2cccnc2)c1. The Bertz CT molecular complexity index is 1520. The van der Waals surface area contributed by atoms with Gasteiger partial charge in [0, 0.05) is 18.0 Å². The van der Waals surface area contributed by atoms with Crippen molar-refractivity contribution in [3.8, 4) is 5.75 Å². The number of rotatable bonds is 6. The van der Waals surface area contributed by atoms with Gasteiger partial charge >= 0.3 is 5.91 Å². The van der Waals surface area contributed by atoms with Gasteiger partial charge in [-0.05, 0) is 41.8 Å². The van der Waals surface area contributed by atoms with E-state index in [1.165, 1.54) is 23.2 Å². The number of hydrogen-bond acceptors (Lipinski definition) is 7. The Kier molecular flexibility index (Phi) is 6.66. The number of ether oxygens (including phenoxy) is 1. The van der Waals surface area contributed by atoms with Crippen LogP contribution in [0.1, 0.15) is 31.0 Å². The van der Waals surface area contributed by atoms with E-state index >= 15 is 0 Å². The molecule has 0 aliphatic carbocycles. The molecule has 2 aromatic carbocycles. The van der Waals surface area contributed by atoms with Crippen molar-refractivity contribution in [1.82, 2.24) is 9.97 Å². The van der Waals surface area contributed by atoms with Gasteiger partial charge in [-0.1, -0.05) is 55.0 Å². The van der Waals surface area contributed by atoms with E-state index in [1.54, 1.807) is 42.6 Å². The second-order valence-electron chi connectivity index (χ2n) is 8.92. The first-order chi connectivity index (χ1) is 17.7. The summed E-state index contributed by atoms with van der Waals surface area (Å²) in [5, 5.41) is 11.4. The smallest absolute Gasteiger partial charge is 0.301 e. The van der Waals surface area contributed by atoms with E-state index in [1.807, 2.05) is 13.8 Å². The molecule has 0 spiro atoms. The summed E-state index contributed by atoms with van der Waals surface area (Å²) < 4.78 is 20.3. The largest absolute Gasteiger partial charge is 0.507 e. The Balaban J connectivity index is 1.65. The highest BCUT2D eigenvalue weighted by atomic mass is 35.5. The normalized spacial score (nSPS) is 17.2. The molecule has 3 heterocycles. The third kappa shape index (κ3) is 4.68. The molecule has 0 bridgehead atoms. The molecule has 1 unspecified atom stereocenters. The topological polar surface area (TPSA) is 92.6 Å². The molecule has 1 atom stereocenters. The minimum atomic E-state index is -1.00. The minimum absolute atomic E-state index is 0.102. The van der Waals surface area contributed by atoms with Crippen LogP contribution in [-0.2, 0) is 9.59 Å². The number of aliphatic hydroxyl groups excluding tert-OH is 1. The summed E-state index contributed by atoms with van der Waals surface area (Å²) in [5.74, 6) is -1.88. The van der Waals surface area contributed by atoms with Crippen molar-refractivity contribution in [2.24, 2.45) is 5.92 Å². The van der Waals surface area contributed by atoms with E-state index in [9.17, 15) is 19.1 Å². The molecule has 7 nitrogen and oxygen atoms in total. The first-order valence-corrected chi connectivity index (χ1v) is 12.6. The molecule has 1 fully saturated rings. The standard InChI is InChI=1S/C27H21ClFN3O4S/c1-14(2)13-36-17-7-3-5-15(9-17)24(33)22-23(16-6-4-8-30-12-16)32(26(35)25(22)34)27-31-20-10-18(28)19(29)11-21(20)37-27/h3-12,14,23,33H,13H2,1-2H3/b24-22+. The molecule has 10 heteroatoms. The lowest BCUT2D eigenvalue weighted by Crippen LogP contribution is -2.29. The summed E-state index contributed by atoms with van der Waals surface area (Å²) in [4.78, 5) is 36.5. The zero-order chi connectivity index (χ0) is 26.3. The Hall–Kier alpha value is -3.82. The predicted octanol–water partition coefficient (Wildman–Crippen LogP) is 6.14. The monoisotopic (exact) mass is 537 g/mol. The average Bonchev–Trinajstić information content (AvgIpc) is 3.40. The number of fused-ring (bicyclic) bond motifs is 1. The molecular weight excluding hydrogens is 517 g/mol. The number of Topliss-reactive ketones (excluding diaryl/α,β-unsaturated/α-hetero) is 1. The highest BCUT2D eigenvalue weighted by Gasteiger charge is 2.48. The molecule has 1 N–H and O–H groups in total. The van der Waals surface area contributed by atoms with E-state index in [0.29, 0.717) is 39.6 Å². The number of pyridine rings is 1. The van der Waals surface area contributed by atoms with E-state index in [2.05, 4.69) is 9.97 Å². The van der Waals surface area contributed by atoms with Crippen LogP contribution in [0, 0.1) is 11.7 Å². The van der Waals surface area contributed by atoms with Gasteiger partial charge in [0.15, 0.2) is 5.13 Å². The number of benzene rings is 2. The van der Waals surface area contributed by atoms with E-state index in [-0.39, 0.29) is 21.5 Å². The van der Waals surface area contributed by atoms with Crippen LogP contribution < -0.4 is 9.64 Å². The van der Waals surface area contributed by atoms with Gasteiger partial charge in [-0.2, -0.15) is 0 Å². The van der Waals surface area contributed by atoms with Crippen molar-refractivity contribution in [2.75, 3.05) is 11.5 Å².